The van der Waals surface area contributed by atoms with E-state index in [0.717, 1.165) is 18.5 Å². The van der Waals surface area contributed by atoms with Crippen molar-refractivity contribution < 1.29 is 14.1 Å². The maximum absolute atomic E-state index is 11.3. The van der Waals surface area contributed by atoms with E-state index in [1.54, 1.807) is 6.07 Å². The van der Waals surface area contributed by atoms with Crippen LogP contribution in [0.25, 0.3) is 0 Å². The normalized spacial score (nSPS) is 20.1. The summed E-state index contributed by atoms with van der Waals surface area (Å²) < 4.78 is 9.36. The molecule has 1 fully saturated rings. The number of ether oxygens (including phenoxy) is 1. The average molecular weight is 196 g/mol. The van der Waals surface area contributed by atoms with E-state index in [-0.39, 0.29) is 5.41 Å². The van der Waals surface area contributed by atoms with E-state index in [0.29, 0.717) is 0 Å². The molecular formula is C9H12N2O3. The number of rotatable bonds is 3. The molecule has 0 radical (unpaired) electrons. The Morgan fingerprint density at radius 2 is 2.50 bits per heavy atom. The maximum atomic E-state index is 11.3. The summed E-state index contributed by atoms with van der Waals surface area (Å²) >= 11 is 0. The van der Waals surface area contributed by atoms with Gasteiger partial charge in [-0.3, -0.25) is 4.79 Å². The third kappa shape index (κ3) is 1.21. The first kappa shape index (κ1) is 9.21. The van der Waals surface area contributed by atoms with Crippen LogP contribution in [0, 0.1) is 0 Å². The number of methoxy groups -OCH3 is 1. The highest BCUT2D eigenvalue weighted by Gasteiger charge is 2.54. The number of hydrogen-bond acceptors (Lipinski definition) is 5. The molecule has 0 aromatic carbocycles. The molecule has 1 heterocycles. The molecule has 1 unspecified atom stereocenters. The highest BCUT2D eigenvalue weighted by atomic mass is 16.5. The summed E-state index contributed by atoms with van der Waals surface area (Å²) in [6.45, 7) is 0. The third-order valence-electron chi connectivity index (χ3n) is 2.79. The number of hydrogen-bond donors (Lipinski definition) is 1. The SMILES string of the molecule is COC(=O)C(N)C1(c2ccon2)CC1. The maximum Gasteiger partial charge on any atom is 0.323 e. The Hall–Kier alpha value is -1.36. The lowest BCUT2D eigenvalue weighted by Crippen LogP contribution is -2.43. The second-order valence-corrected chi connectivity index (χ2v) is 3.54. The van der Waals surface area contributed by atoms with Crippen molar-refractivity contribution in [3.63, 3.8) is 0 Å². The Morgan fingerprint density at radius 3 is 2.93 bits per heavy atom. The van der Waals surface area contributed by atoms with Crippen molar-refractivity contribution in [1.29, 1.82) is 0 Å². The zero-order valence-electron chi connectivity index (χ0n) is 7.90. The summed E-state index contributed by atoms with van der Waals surface area (Å²) in [4.78, 5) is 11.3. The van der Waals surface area contributed by atoms with Crippen LogP contribution in [0.2, 0.25) is 0 Å². The molecule has 76 valence electrons. The van der Waals surface area contributed by atoms with E-state index >= 15 is 0 Å². The summed E-state index contributed by atoms with van der Waals surface area (Å²) in [5, 5.41) is 3.83. The Kier molecular flexibility index (Phi) is 2.03. The van der Waals surface area contributed by atoms with Gasteiger partial charge in [0.25, 0.3) is 0 Å². The fourth-order valence-corrected chi connectivity index (χ4v) is 1.68. The summed E-state index contributed by atoms with van der Waals surface area (Å²) in [6.07, 6.45) is 3.20. The molecule has 1 saturated carbocycles. The molecule has 0 saturated heterocycles. The van der Waals surface area contributed by atoms with Gasteiger partial charge in [-0.25, -0.2) is 0 Å². The molecule has 14 heavy (non-hydrogen) atoms. The van der Waals surface area contributed by atoms with Gasteiger partial charge in [-0.1, -0.05) is 5.16 Å². The standard InChI is InChI=1S/C9H12N2O3/c1-13-8(12)7(10)9(3-4-9)6-2-5-14-11-6/h2,5,7H,3-4,10H2,1H3. The second-order valence-electron chi connectivity index (χ2n) is 3.54. The minimum atomic E-state index is -0.641. The fourth-order valence-electron chi connectivity index (χ4n) is 1.68. The average Bonchev–Trinajstić information content (AvgIpc) is 2.84. The molecule has 0 bridgehead atoms. The summed E-state index contributed by atoms with van der Waals surface area (Å²) in [7, 11) is 1.33. The molecule has 1 aliphatic carbocycles. The fraction of sp³-hybridized carbons (Fsp3) is 0.556. The minimum Gasteiger partial charge on any atom is -0.468 e. The van der Waals surface area contributed by atoms with Crippen molar-refractivity contribution in [1.82, 2.24) is 5.16 Å². The number of nitrogens with two attached hydrogens (primary N) is 1. The van der Waals surface area contributed by atoms with Crippen molar-refractivity contribution in [2.75, 3.05) is 7.11 Å². The molecular weight excluding hydrogens is 184 g/mol. The van der Waals surface area contributed by atoms with Crippen LogP contribution in [0.3, 0.4) is 0 Å². The Labute approximate surface area is 81.2 Å². The smallest absolute Gasteiger partial charge is 0.323 e. The van der Waals surface area contributed by atoms with Gasteiger partial charge in [0, 0.05) is 11.5 Å². The van der Waals surface area contributed by atoms with Crippen LogP contribution in [0.4, 0.5) is 0 Å². The number of carbonyl (C=O) groups is 1. The largest absolute Gasteiger partial charge is 0.468 e. The lowest BCUT2D eigenvalue weighted by molar-refractivity contribution is -0.143. The quantitative estimate of drug-likeness (QED) is 0.699. The van der Waals surface area contributed by atoms with Gasteiger partial charge in [-0.05, 0) is 12.8 Å². The van der Waals surface area contributed by atoms with Gasteiger partial charge >= 0.3 is 5.97 Å². The number of nitrogens with zero attached hydrogens (tertiary/aromatic N) is 1. The molecule has 0 spiro atoms. The van der Waals surface area contributed by atoms with Gasteiger partial charge in [-0.15, -0.1) is 0 Å². The summed E-state index contributed by atoms with van der Waals surface area (Å²) in [6, 6.07) is 1.10. The monoisotopic (exact) mass is 196 g/mol. The summed E-state index contributed by atoms with van der Waals surface area (Å²) in [5.41, 5.74) is 6.20. The number of aromatic nitrogens is 1. The van der Waals surface area contributed by atoms with Crippen LogP contribution in [-0.4, -0.2) is 24.3 Å². The Bertz CT molecular complexity index is 330. The molecule has 5 heteroatoms. The van der Waals surface area contributed by atoms with Gasteiger partial charge in [0.05, 0.1) is 12.8 Å². The second kappa shape index (κ2) is 3.09. The molecule has 0 aliphatic heterocycles. The van der Waals surface area contributed by atoms with E-state index in [4.69, 9.17) is 10.3 Å². The molecule has 0 amide bonds. The van der Waals surface area contributed by atoms with Crippen LogP contribution in [0.1, 0.15) is 18.5 Å². The predicted molar refractivity (Wildman–Crippen MR) is 47.4 cm³/mol. The van der Waals surface area contributed by atoms with Gasteiger partial charge in [-0.2, -0.15) is 0 Å². The van der Waals surface area contributed by atoms with Crippen molar-refractivity contribution in [3.05, 3.63) is 18.0 Å². The van der Waals surface area contributed by atoms with E-state index in [1.165, 1.54) is 13.4 Å². The molecule has 2 rings (SSSR count). The van der Waals surface area contributed by atoms with Gasteiger partial charge in [0.1, 0.15) is 12.3 Å². The highest BCUT2D eigenvalue weighted by molar-refractivity contribution is 5.78. The minimum absolute atomic E-state index is 0.347. The number of carbonyl (C=O) groups excluding carboxylic acids is 1. The van der Waals surface area contributed by atoms with Gasteiger partial charge in [0.15, 0.2) is 0 Å². The van der Waals surface area contributed by atoms with Crippen LogP contribution in [-0.2, 0) is 14.9 Å². The lowest BCUT2D eigenvalue weighted by atomic mass is 9.93. The molecule has 2 N–H and O–H groups in total. The van der Waals surface area contributed by atoms with Gasteiger partial charge in [0.2, 0.25) is 0 Å². The van der Waals surface area contributed by atoms with Gasteiger partial charge < -0.3 is 15.0 Å². The lowest BCUT2D eigenvalue weighted by Gasteiger charge is -2.17. The molecule has 5 nitrogen and oxygen atoms in total. The first-order chi connectivity index (χ1) is 6.70. The van der Waals surface area contributed by atoms with Crippen LogP contribution in [0.5, 0.6) is 0 Å². The van der Waals surface area contributed by atoms with Crippen LogP contribution in [0.15, 0.2) is 16.9 Å². The Balaban J connectivity index is 2.21. The Morgan fingerprint density at radius 1 is 1.79 bits per heavy atom. The zero-order chi connectivity index (χ0) is 10.2. The molecule has 1 aromatic rings. The topological polar surface area (TPSA) is 78.4 Å². The molecule has 1 aliphatic rings. The summed E-state index contributed by atoms with van der Waals surface area (Å²) in [5.74, 6) is -0.398. The van der Waals surface area contributed by atoms with Crippen molar-refractivity contribution in [2.45, 2.75) is 24.3 Å². The first-order valence-electron chi connectivity index (χ1n) is 4.45. The van der Waals surface area contributed by atoms with Crippen molar-refractivity contribution in [3.8, 4) is 0 Å². The number of esters is 1. The molecule has 1 atom stereocenters. The first-order valence-corrected chi connectivity index (χ1v) is 4.45. The van der Waals surface area contributed by atoms with E-state index in [1.807, 2.05) is 0 Å². The van der Waals surface area contributed by atoms with Crippen LogP contribution >= 0.6 is 0 Å². The van der Waals surface area contributed by atoms with E-state index < -0.39 is 12.0 Å². The van der Waals surface area contributed by atoms with E-state index in [9.17, 15) is 4.79 Å². The van der Waals surface area contributed by atoms with Crippen molar-refractivity contribution >= 4 is 5.97 Å². The van der Waals surface area contributed by atoms with Crippen molar-refractivity contribution in [2.24, 2.45) is 5.73 Å². The third-order valence-corrected chi connectivity index (χ3v) is 2.79. The molecule has 1 aromatic heterocycles. The highest BCUT2D eigenvalue weighted by Crippen LogP contribution is 2.49. The van der Waals surface area contributed by atoms with Crippen LogP contribution < -0.4 is 5.73 Å². The predicted octanol–water partition coefficient (Wildman–Crippen LogP) is 0.206. The van der Waals surface area contributed by atoms with E-state index in [2.05, 4.69) is 9.89 Å². The zero-order valence-corrected chi connectivity index (χ0v) is 7.90.